The molecule has 2 rings (SSSR count). The van der Waals surface area contributed by atoms with Crippen molar-refractivity contribution in [2.75, 3.05) is 12.3 Å². The maximum absolute atomic E-state index is 13.7. The number of nitrogens with one attached hydrogen (secondary N) is 1. The third-order valence-electron chi connectivity index (χ3n) is 3.58. The van der Waals surface area contributed by atoms with Crippen LogP contribution in [0, 0.1) is 17.2 Å². The monoisotopic (exact) mass is 350 g/mol. The number of anilines is 1. The van der Waals surface area contributed by atoms with Crippen molar-refractivity contribution in [3.63, 3.8) is 0 Å². The average Bonchev–Trinajstić information content (AvgIpc) is 2.89. The fraction of sp³-hybridized carbons (Fsp3) is 0.500. The quantitative estimate of drug-likeness (QED) is 0.819. The third kappa shape index (κ3) is 3.09. The van der Waals surface area contributed by atoms with Gasteiger partial charge in [-0.15, -0.1) is 0 Å². The Balaban J connectivity index is 2.18. The highest BCUT2D eigenvalue weighted by Gasteiger charge is 2.45. The normalized spacial score (nSPS) is 21.4. The van der Waals surface area contributed by atoms with Crippen molar-refractivity contribution in [3.05, 3.63) is 22.4 Å². The Labute approximate surface area is 120 Å². The Kier molecular flexibility index (Phi) is 3.66. The molecule has 3 N–H and O–H groups in total. The van der Waals surface area contributed by atoms with Gasteiger partial charge in [0, 0.05) is 16.7 Å². The predicted molar refractivity (Wildman–Crippen MR) is 75.6 cm³/mol. The Hall–Kier alpha value is -0.660. The summed E-state index contributed by atoms with van der Waals surface area (Å²) in [7, 11) is -3.86. The zero-order chi connectivity index (χ0) is 14.4. The molecule has 1 aromatic carbocycles. The summed E-state index contributed by atoms with van der Waals surface area (Å²) >= 11 is 3.05. The molecule has 1 aromatic rings. The summed E-state index contributed by atoms with van der Waals surface area (Å²) in [6, 6.07) is 2.19. The highest BCUT2D eigenvalue weighted by Crippen LogP contribution is 2.51. The van der Waals surface area contributed by atoms with Crippen LogP contribution in [0.25, 0.3) is 0 Å². The number of nitrogen functional groups attached to an aromatic ring is 1. The van der Waals surface area contributed by atoms with E-state index in [9.17, 15) is 12.8 Å². The molecule has 0 saturated heterocycles. The van der Waals surface area contributed by atoms with Gasteiger partial charge in [0.05, 0.1) is 0 Å². The van der Waals surface area contributed by atoms with Gasteiger partial charge in [-0.2, -0.15) is 0 Å². The number of benzene rings is 1. The summed E-state index contributed by atoms with van der Waals surface area (Å²) in [6.45, 7) is 4.47. The molecule has 0 spiro atoms. The highest BCUT2D eigenvalue weighted by molar-refractivity contribution is 9.10. The molecule has 0 aromatic heterocycles. The van der Waals surface area contributed by atoms with Gasteiger partial charge in [-0.25, -0.2) is 17.5 Å². The maximum atomic E-state index is 13.7. The lowest BCUT2D eigenvalue weighted by molar-refractivity contribution is 0.530. The average molecular weight is 351 g/mol. The third-order valence-corrected chi connectivity index (χ3v) is 5.70. The number of nitrogens with two attached hydrogens (primary N) is 1. The summed E-state index contributed by atoms with van der Waals surface area (Å²) < 4.78 is 40.6. The lowest BCUT2D eigenvalue weighted by Crippen LogP contribution is -2.27. The molecule has 0 amide bonds. The molecule has 0 heterocycles. The van der Waals surface area contributed by atoms with Crippen LogP contribution < -0.4 is 10.5 Å². The maximum Gasteiger partial charge on any atom is 0.243 e. The molecule has 1 unspecified atom stereocenters. The van der Waals surface area contributed by atoms with Gasteiger partial charge in [0.25, 0.3) is 0 Å². The first kappa shape index (κ1) is 14.7. The molecular weight excluding hydrogens is 335 g/mol. The SMILES string of the molecule is CC1(C)CC1CNS(=O)(=O)c1cc(N)c(Br)cc1F. The van der Waals surface area contributed by atoms with Crippen molar-refractivity contribution in [1.82, 2.24) is 4.72 Å². The highest BCUT2D eigenvalue weighted by atomic mass is 79.9. The van der Waals surface area contributed by atoms with Crippen molar-refractivity contribution in [1.29, 1.82) is 0 Å². The van der Waals surface area contributed by atoms with Crippen LogP contribution in [0.15, 0.2) is 21.5 Å². The zero-order valence-corrected chi connectivity index (χ0v) is 13.1. The summed E-state index contributed by atoms with van der Waals surface area (Å²) in [5.41, 5.74) is 5.95. The molecular formula is C12H16BrFN2O2S. The fourth-order valence-electron chi connectivity index (χ4n) is 1.96. The van der Waals surface area contributed by atoms with E-state index in [0.717, 1.165) is 18.6 Å². The Morgan fingerprint density at radius 3 is 2.63 bits per heavy atom. The number of halogens is 2. The molecule has 1 saturated carbocycles. The molecule has 0 radical (unpaired) electrons. The van der Waals surface area contributed by atoms with Crippen LogP contribution in [0.1, 0.15) is 20.3 Å². The minimum Gasteiger partial charge on any atom is -0.398 e. The summed E-state index contributed by atoms with van der Waals surface area (Å²) in [4.78, 5) is -0.411. The van der Waals surface area contributed by atoms with Crippen molar-refractivity contribution < 1.29 is 12.8 Å². The van der Waals surface area contributed by atoms with Gasteiger partial charge in [0.1, 0.15) is 10.7 Å². The van der Waals surface area contributed by atoms with Gasteiger partial charge in [-0.3, -0.25) is 0 Å². The number of sulfonamides is 1. The smallest absolute Gasteiger partial charge is 0.243 e. The second-order valence-electron chi connectivity index (χ2n) is 5.55. The Bertz CT molecular complexity index is 616. The van der Waals surface area contributed by atoms with E-state index >= 15 is 0 Å². The second kappa shape index (κ2) is 4.71. The molecule has 1 fully saturated rings. The van der Waals surface area contributed by atoms with Crippen LogP contribution in [0.5, 0.6) is 0 Å². The topological polar surface area (TPSA) is 72.2 Å². The first-order valence-electron chi connectivity index (χ1n) is 5.88. The molecule has 1 atom stereocenters. The van der Waals surface area contributed by atoms with Gasteiger partial charge >= 0.3 is 0 Å². The first-order chi connectivity index (χ1) is 8.63. The van der Waals surface area contributed by atoms with Gasteiger partial charge in [0.15, 0.2) is 0 Å². The fourth-order valence-corrected chi connectivity index (χ4v) is 3.45. The zero-order valence-electron chi connectivity index (χ0n) is 10.7. The Morgan fingerprint density at radius 1 is 1.53 bits per heavy atom. The van der Waals surface area contributed by atoms with Crippen molar-refractivity contribution in [2.24, 2.45) is 11.3 Å². The molecule has 4 nitrogen and oxygen atoms in total. The van der Waals surface area contributed by atoms with E-state index in [-0.39, 0.29) is 11.1 Å². The van der Waals surface area contributed by atoms with Crippen LogP contribution in [0.3, 0.4) is 0 Å². The minimum absolute atomic E-state index is 0.166. The van der Waals surface area contributed by atoms with Crippen LogP contribution in [0.2, 0.25) is 0 Å². The number of rotatable bonds is 4. The van der Waals surface area contributed by atoms with Gasteiger partial charge in [-0.1, -0.05) is 13.8 Å². The van der Waals surface area contributed by atoms with E-state index in [1.54, 1.807) is 0 Å². The summed E-state index contributed by atoms with van der Waals surface area (Å²) in [5.74, 6) is -0.512. The standard InChI is InChI=1S/C12H16BrFN2O2S/c1-12(2)5-7(12)6-16-19(17,18)11-4-10(15)8(13)3-9(11)14/h3-4,7,16H,5-6,15H2,1-2H3. The van der Waals surface area contributed by atoms with E-state index in [4.69, 9.17) is 5.73 Å². The number of hydrogen-bond acceptors (Lipinski definition) is 3. The molecule has 106 valence electrons. The predicted octanol–water partition coefficient (Wildman–Crippen LogP) is 2.49. The van der Waals surface area contributed by atoms with Crippen LogP contribution in [0.4, 0.5) is 10.1 Å². The van der Waals surface area contributed by atoms with E-state index in [0.29, 0.717) is 16.9 Å². The molecule has 0 bridgehead atoms. The van der Waals surface area contributed by atoms with Crippen molar-refractivity contribution in [2.45, 2.75) is 25.2 Å². The van der Waals surface area contributed by atoms with E-state index < -0.39 is 20.7 Å². The Morgan fingerprint density at radius 2 is 2.11 bits per heavy atom. The second-order valence-corrected chi connectivity index (χ2v) is 8.14. The number of hydrogen-bond donors (Lipinski definition) is 2. The van der Waals surface area contributed by atoms with Crippen molar-refractivity contribution in [3.8, 4) is 0 Å². The summed E-state index contributed by atoms with van der Waals surface area (Å²) in [5, 5.41) is 0. The largest absolute Gasteiger partial charge is 0.398 e. The summed E-state index contributed by atoms with van der Waals surface area (Å²) in [6.07, 6.45) is 0.973. The molecule has 0 aliphatic heterocycles. The van der Waals surface area contributed by atoms with Gasteiger partial charge in [0.2, 0.25) is 10.0 Å². The molecule has 7 heteroatoms. The van der Waals surface area contributed by atoms with E-state index in [2.05, 4.69) is 34.5 Å². The minimum atomic E-state index is -3.86. The van der Waals surface area contributed by atoms with Gasteiger partial charge < -0.3 is 5.73 Å². The molecule has 1 aliphatic carbocycles. The first-order valence-corrected chi connectivity index (χ1v) is 8.15. The van der Waals surface area contributed by atoms with E-state index in [1.165, 1.54) is 0 Å². The molecule has 1 aliphatic rings. The van der Waals surface area contributed by atoms with E-state index in [1.807, 2.05) is 0 Å². The van der Waals surface area contributed by atoms with Crippen molar-refractivity contribution >= 4 is 31.6 Å². The van der Waals surface area contributed by atoms with Crippen LogP contribution in [-0.4, -0.2) is 15.0 Å². The molecule has 19 heavy (non-hydrogen) atoms. The lowest BCUT2D eigenvalue weighted by Gasteiger charge is -2.10. The van der Waals surface area contributed by atoms with Crippen LogP contribution >= 0.6 is 15.9 Å². The van der Waals surface area contributed by atoms with Crippen LogP contribution in [-0.2, 0) is 10.0 Å². The van der Waals surface area contributed by atoms with Gasteiger partial charge in [-0.05, 0) is 45.8 Å². The lowest BCUT2D eigenvalue weighted by atomic mass is 10.1.